The van der Waals surface area contributed by atoms with E-state index in [1.54, 1.807) is 6.21 Å². The molecule has 0 aliphatic carbocycles. The minimum Gasteiger partial charge on any atom is -0.396 e. The number of nitrogens with zero attached hydrogens (tertiary/aromatic N) is 2. The molecular weight excluding hydrogens is 360 g/mol. The van der Waals surface area contributed by atoms with Crippen LogP contribution in [0.1, 0.15) is 12.0 Å². The lowest BCUT2D eigenvalue weighted by Crippen LogP contribution is -2.25. The van der Waals surface area contributed by atoms with Gasteiger partial charge >= 0.3 is 0 Å². The highest BCUT2D eigenvalue weighted by molar-refractivity contribution is 8.15. The molecule has 27 heavy (non-hydrogen) atoms. The molecule has 1 fully saturated rings. The number of aromatic nitrogens is 1. The Balaban J connectivity index is 1.67. The van der Waals surface area contributed by atoms with Crippen LogP contribution < -0.4 is 5.32 Å². The fraction of sp³-hybridized carbons (Fsp3) is 0.150. The van der Waals surface area contributed by atoms with E-state index in [4.69, 9.17) is 5.11 Å². The van der Waals surface area contributed by atoms with Crippen molar-refractivity contribution in [3.05, 3.63) is 60.2 Å². The first-order chi connectivity index (χ1) is 13.3. The largest absolute Gasteiger partial charge is 0.396 e. The molecule has 0 bridgehead atoms. The molecule has 0 unspecified atom stereocenters. The second-order valence-corrected chi connectivity index (χ2v) is 7.27. The minimum absolute atomic E-state index is 0.0303. The molecule has 7 heteroatoms. The van der Waals surface area contributed by atoms with Crippen LogP contribution in [0.25, 0.3) is 22.2 Å². The van der Waals surface area contributed by atoms with Crippen LogP contribution in [0.15, 0.2) is 64.8 Å². The summed E-state index contributed by atoms with van der Waals surface area (Å²) in [6, 6.07) is 18.1. The van der Waals surface area contributed by atoms with E-state index in [1.165, 1.54) is 11.8 Å². The van der Waals surface area contributed by atoms with Crippen molar-refractivity contribution < 1.29 is 9.90 Å². The number of aromatic amines is 1. The van der Waals surface area contributed by atoms with E-state index in [2.05, 4.69) is 20.5 Å². The molecule has 1 aliphatic heterocycles. The van der Waals surface area contributed by atoms with E-state index in [-0.39, 0.29) is 17.8 Å². The summed E-state index contributed by atoms with van der Waals surface area (Å²) in [5, 5.41) is 21.3. The number of H-pyrrole nitrogens is 1. The fourth-order valence-corrected chi connectivity index (χ4v) is 3.94. The monoisotopic (exact) mass is 378 g/mol. The average Bonchev–Trinajstić information content (AvgIpc) is 3.24. The number of hydrogen-bond donors (Lipinski definition) is 3. The third-order valence-corrected chi connectivity index (χ3v) is 5.45. The number of rotatable bonds is 5. The van der Waals surface area contributed by atoms with E-state index >= 15 is 0 Å². The molecule has 3 N–H and O–H groups in total. The van der Waals surface area contributed by atoms with Gasteiger partial charge in [0.05, 0.1) is 17.2 Å². The summed E-state index contributed by atoms with van der Waals surface area (Å²) < 4.78 is 0. The molecule has 1 aliphatic rings. The SMILES string of the molecule is O=C1N/C(=N/N=C\c2c(-c3ccccc3)[nH]c3ccccc23)S[C@H]1CCO. The Bertz CT molecular complexity index is 1030. The van der Waals surface area contributed by atoms with E-state index in [1.807, 2.05) is 54.6 Å². The second kappa shape index (κ2) is 7.77. The molecule has 4 rings (SSSR count). The van der Waals surface area contributed by atoms with Crippen LogP contribution in [0.2, 0.25) is 0 Å². The Kier molecular flexibility index (Phi) is 5.04. The first-order valence-electron chi connectivity index (χ1n) is 8.62. The lowest BCUT2D eigenvalue weighted by molar-refractivity contribution is -0.119. The maximum Gasteiger partial charge on any atom is 0.239 e. The van der Waals surface area contributed by atoms with Crippen LogP contribution in [0.4, 0.5) is 0 Å². The highest BCUT2D eigenvalue weighted by atomic mass is 32.2. The second-order valence-electron chi connectivity index (χ2n) is 6.08. The van der Waals surface area contributed by atoms with Gasteiger partial charge in [0.2, 0.25) is 5.91 Å². The van der Waals surface area contributed by atoms with Crippen molar-refractivity contribution in [2.45, 2.75) is 11.7 Å². The van der Waals surface area contributed by atoms with Crippen molar-refractivity contribution in [3.8, 4) is 11.3 Å². The molecule has 1 saturated heterocycles. The molecule has 3 aromatic rings. The number of amides is 1. The molecule has 1 aromatic heterocycles. The number of aliphatic hydroxyl groups is 1. The Morgan fingerprint density at radius 2 is 1.89 bits per heavy atom. The minimum atomic E-state index is -0.308. The van der Waals surface area contributed by atoms with Crippen molar-refractivity contribution in [2.75, 3.05) is 6.61 Å². The summed E-state index contributed by atoms with van der Waals surface area (Å²) in [6.07, 6.45) is 2.11. The zero-order valence-electron chi connectivity index (χ0n) is 14.4. The number of hydrogen-bond acceptors (Lipinski definition) is 5. The maximum atomic E-state index is 11.8. The van der Waals surface area contributed by atoms with E-state index in [0.29, 0.717) is 11.6 Å². The van der Waals surface area contributed by atoms with Crippen LogP contribution >= 0.6 is 11.8 Å². The molecule has 2 heterocycles. The molecule has 136 valence electrons. The predicted molar refractivity (Wildman–Crippen MR) is 110 cm³/mol. The number of thioether (sulfide) groups is 1. The molecule has 1 amide bonds. The summed E-state index contributed by atoms with van der Waals surface area (Å²) in [5.41, 5.74) is 4.01. The number of amidine groups is 1. The van der Waals surface area contributed by atoms with E-state index < -0.39 is 0 Å². The van der Waals surface area contributed by atoms with Crippen LogP contribution in [0.3, 0.4) is 0 Å². The molecule has 6 nitrogen and oxygen atoms in total. The lowest BCUT2D eigenvalue weighted by Gasteiger charge is -2.00. The van der Waals surface area contributed by atoms with Gasteiger partial charge in [-0.15, -0.1) is 5.10 Å². The highest BCUT2D eigenvalue weighted by Crippen LogP contribution is 2.29. The molecule has 2 aromatic carbocycles. The Morgan fingerprint density at radius 3 is 2.70 bits per heavy atom. The fourth-order valence-electron chi connectivity index (χ4n) is 3.03. The Labute approximate surface area is 160 Å². The standard InChI is InChI=1S/C20H18N4O2S/c25-11-10-17-19(26)23-20(27-17)24-21-12-15-14-8-4-5-9-16(14)22-18(15)13-6-2-1-3-7-13/h1-9,12,17,22,25H,10-11H2,(H,23,24,26)/b21-12-/t17-/m0/s1. The van der Waals surface area contributed by atoms with Crippen molar-refractivity contribution in [1.29, 1.82) is 0 Å². The number of aliphatic hydroxyl groups excluding tert-OH is 1. The topological polar surface area (TPSA) is 89.8 Å². The number of carbonyl (C=O) groups excluding carboxylic acids is 1. The van der Waals surface area contributed by atoms with Gasteiger partial charge in [-0.1, -0.05) is 60.3 Å². The average molecular weight is 378 g/mol. The van der Waals surface area contributed by atoms with Crippen LogP contribution in [-0.4, -0.2) is 39.2 Å². The lowest BCUT2D eigenvalue weighted by atomic mass is 10.1. The number of fused-ring (bicyclic) bond motifs is 1. The summed E-state index contributed by atoms with van der Waals surface area (Å²) in [7, 11) is 0. The zero-order valence-corrected chi connectivity index (χ0v) is 15.2. The molecular formula is C20H18N4O2S. The summed E-state index contributed by atoms with van der Waals surface area (Å²) in [4.78, 5) is 15.2. The van der Waals surface area contributed by atoms with Gasteiger partial charge in [-0.2, -0.15) is 5.10 Å². The first-order valence-corrected chi connectivity index (χ1v) is 9.50. The third-order valence-electron chi connectivity index (χ3n) is 4.31. The highest BCUT2D eigenvalue weighted by Gasteiger charge is 2.29. The smallest absolute Gasteiger partial charge is 0.239 e. The van der Waals surface area contributed by atoms with Crippen molar-refractivity contribution in [1.82, 2.24) is 10.3 Å². The third kappa shape index (κ3) is 3.65. The normalized spacial score (nSPS) is 18.6. The number of nitrogens with one attached hydrogen (secondary N) is 2. The predicted octanol–water partition coefficient (Wildman–Crippen LogP) is 3.14. The summed E-state index contributed by atoms with van der Waals surface area (Å²) in [6.45, 7) is -0.0303. The molecule has 0 saturated carbocycles. The summed E-state index contributed by atoms with van der Waals surface area (Å²) >= 11 is 1.29. The van der Waals surface area contributed by atoms with Gasteiger partial charge in [0.1, 0.15) is 0 Å². The maximum absolute atomic E-state index is 11.8. The van der Waals surface area contributed by atoms with Crippen molar-refractivity contribution >= 4 is 40.0 Å². The molecule has 0 radical (unpaired) electrons. The van der Waals surface area contributed by atoms with E-state index in [9.17, 15) is 4.79 Å². The zero-order chi connectivity index (χ0) is 18.6. The van der Waals surface area contributed by atoms with Gasteiger partial charge in [-0.25, -0.2) is 0 Å². The van der Waals surface area contributed by atoms with Crippen LogP contribution in [0.5, 0.6) is 0 Å². The van der Waals surface area contributed by atoms with Crippen LogP contribution in [0, 0.1) is 0 Å². The number of para-hydroxylation sites is 1. The molecule has 1 atom stereocenters. The van der Waals surface area contributed by atoms with Gasteiger partial charge in [0, 0.05) is 23.1 Å². The van der Waals surface area contributed by atoms with Gasteiger partial charge < -0.3 is 15.4 Å². The first kappa shape index (κ1) is 17.5. The van der Waals surface area contributed by atoms with Gasteiger partial charge in [-0.3, -0.25) is 4.79 Å². The number of benzene rings is 2. The van der Waals surface area contributed by atoms with Gasteiger partial charge in [0.15, 0.2) is 5.17 Å². The van der Waals surface area contributed by atoms with Crippen molar-refractivity contribution in [2.24, 2.45) is 10.2 Å². The Morgan fingerprint density at radius 1 is 1.11 bits per heavy atom. The Hall–Kier alpha value is -2.90. The van der Waals surface area contributed by atoms with Gasteiger partial charge in [-0.05, 0) is 18.1 Å². The number of carbonyl (C=O) groups is 1. The van der Waals surface area contributed by atoms with Crippen LogP contribution in [-0.2, 0) is 4.79 Å². The quantitative estimate of drug-likeness (QED) is 0.471. The van der Waals surface area contributed by atoms with Crippen molar-refractivity contribution in [3.63, 3.8) is 0 Å². The molecule has 0 spiro atoms. The van der Waals surface area contributed by atoms with E-state index in [0.717, 1.165) is 27.7 Å². The van der Waals surface area contributed by atoms with Gasteiger partial charge in [0.25, 0.3) is 0 Å². The summed E-state index contributed by atoms with van der Waals surface area (Å²) in [5.74, 6) is -0.139.